The van der Waals surface area contributed by atoms with Crippen LogP contribution in [0.3, 0.4) is 0 Å². The van der Waals surface area contributed by atoms with Crippen molar-refractivity contribution in [1.82, 2.24) is 15.1 Å². The van der Waals surface area contributed by atoms with Crippen LogP contribution < -0.4 is 5.32 Å². The van der Waals surface area contributed by atoms with Gasteiger partial charge in [0.05, 0.1) is 6.04 Å². The first-order chi connectivity index (χ1) is 11.6. The second-order valence-corrected chi connectivity index (χ2v) is 6.86. The minimum absolute atomic E-state index is 0.0818. The van der Waals surface area contributed by atoms with Gasteiger partial charge in [-0.05, 0) is 31.9 Å². The molecule has 1 N–H and O–H groups in total. The van der Waals surface area contributed by atoms with E-state index in [2.05, 4.69) is 10.2 Å². The fourth-order valence-electron chi connectivity index (χ4n) is 3.63. The Bertz CT molecular complexity index is 561. The fourth-order valence-corrected chi connectivity index (χ4v) is 3.63. The molecule has 1 saturated carbocycles. The van der Waals surface area contributed by atoms with Crippen molar-refractivity contribution in [2.24, 2.45) is 0 Å². The van der Waals surface area contributed by atoms with Gasteiger partial charge >= 0.3 is 0 Å². The number of nitrogens with zero attached hydrogens (tertiary/aromatic N) is 2. The Morgan fingerprint density at radius 2 is 1.67 bits per heavy atom. The number of carbonyl (C=O) groups is 2. The molecule has 5 heteroatoms. The van der Waals surface area contributed by atoms with E-state index < -0.39 is 0 Å². The van der Waals surface area contributed by atoms with E-state index in [0.717, 1.165) is 31.5 Å². The molecule has 3 rings (SSSR count). The van der Waals surface area contributed by atoms with Crippen LogP contribution in [0.4, 0.5) is 0 Å². The number of benzene rings is 1. The zero-order chi connectivity index (χ0) is 16.9. The van der Waals surface area contributed by atoms with E-state index in [1.165, 1.54) is 12.8 Å². The third-order valence-electron chi connectivity index (χ3n) is 5.25. The number of rotatable bonds is 4. The van der Waals surface area contributed by atoms with Crippen molar-refractivity contribution in [2.45, 2.75) is 44.7 Å². The van der Waals surface area contributed by atoms with Crippen LogP contribution in [0.5, 0.6) is 0 Å². The summed E-state index contributed by atoms with van der Waals surface area (Å²) in [5.74, 6) is 0.211. The average molecular weight is 329 g/mol. The van der Waals surface area contributed by atoms with Crippen LogP contribution >= 0.6 is 0 Å². The molecule has 1 saturated heterocycles. The summed E-state index contributed by atoms with van der Waals surface area (Å²) in [5, 5.41) is 3.17. The lowest BCUT2D eigenvalue weighted by atomic mass is 10.1. The smallest absolute Gasteiger partial charge is 0.253 e. The number of piperazine rings is 1. The SMILES string of the molecule is C[C@H](C(=O)NC1CCCC1)N1CCN(C(=O)c2ccccc2)CC1. The zero-order valence-corrected chi connectivity index (χ0v) is 14.4. The molecule has 0 radical (unpaired) electrons. The first-order valence-electron chi connectivity index (χ1n) is 9.04. The first-order valence-corrected chi connectivity index (χ1v) is 9.04. The quantitative estimate of drug-likeness (QED) is 0.918. The predicted octanol–water partition coefficient (Wildman–Crippen LogP) is 1.89. The summed E-state index contributed by atoms with van der Waals surface area (Å²) in [6, 6.07) is 9.64. The summed E-state index contributed by atoms with van der Waals surface area (Å²) >= 11 is 0. The highest BCUT2D eigenvalue weighted by Crippen LogP contribution is 2.18. The summed E-state index contributed by atoms with van der Waals surface area (Å²) in [4.78, 5) is 28.9. The van der Waals surface area contributed by atoms with E-state index >= 15 is 0 Å². The molecule has 130 valence electrons. The van der Waals surface area contributed by atoms with E-state index in [9.17, 15) is 9.59 Å². The van der Waals surface area contributed by atoms with Crippen LogP contribution in [-0.4, -0.2) is 59.9 Å². The molecule has 1 aromatic carbocycles. The summed E-state index contributed by atoms with van der Waals surface area (Å²) in [6.45, 7) is 4.82. The lowest BCUT2D eigenvalue weighted by Gasteiger charge is -2.37. The molecule has 1 atom stereocenters. The van der Waals surface area contributed by atoms with Gasteiger partial charge in [0.25, 0.3) is 5.91 Å². The van der Waals surface area contributed by atoms with Crippen molar-refractivity contribution in [2.75, 3.05) is 26.2 Å². The van der Waals surface area contributed by atoms with E-state index in [1.807, 2.05) is 42.2 Å². The summed E-state index contributed by atoms with van der Waals surface area (Å²) < 4.78 is 0. The molecule has 1 aliphatic carbocycles. The Kier molecular flexibility index (Phi) is 5.51. The van der Waals surface area contributed by atoms with E-state index in [1.54, 1.807) is 0 Å². The molecule has 2 aliphatic rings. The molecule has 1 heterocycles. The first kappa shape index (κ1) is 17.0. The molecule has 24 heavy (non-hydrogen) atoms. The Labute approximate surface area is 144 Å². The number of amides is 2. The van der Waals surface area contributed by atoms with Gasteiger partial charge in [0.2, 0.25) is 5.91 Å². The van der Waals surface area contributed by atoms with Gasteiger partial charge in [0.1, 0.15) is 0 Å². The third-order valence-corrected chi connectivity index (χ3v) is 5.25. The van der Waals surface area contributed by atoms with Crippen LogP contribution in [-0.2, 0) is 4.79 Å². The van der Waals surface area contributed by atoms with Gasteiger partial charge < -0.3 is 10.2 Å². The lowest BCUT2D eigenvalue weighted by Crippen LogP contribution is -2.55. The maximum absolute atomic E-state index is 12.5. The number of nitrogens with one attached hydrogen (secondary N) is 1. The molecule has 1 aromatic rings. The summed E-state index contributed by atoms with van der Waals surface area (Å²) in [5.41, 5.74) is 0.734. The van der Waals surface area contributed by atoms with Crippen LogP contribution in [0, 0.1) is 0 Å². The normalized spacial score (nSPS) is 20.8. The van der Waals surface area contributed by atoms with Crippen molar-refractivity contribution in [1.29, 1.82) is 0 Å². The van der Waals surface area contributed by atoms with E-state index in [4.69, 9.17) is 0 Å². The average Bonchev–Trinajstić information content (AvgIpc) is 3.14. The minimum atomic E-state index is -0.125. The number of hydrogen-bond donors (Lipinski definition) is 1. The van der Waals surface area contributed by atoms with Crippen LogP contribution in [0.2, 0.25) is 0 Å². The summed E-state index contributed by atoms with van der Waals surface area (Å²) in [7, 11) is 0. The van der Waals surface area contributed by atoms with Crippen LogP contribution in [0.1, 0.15) is 43.0 Å². The van der Waals surface area contributed by atoms with Crippen molar-refractivity contribution in [3.05, 3.63) is 35.9 Å². The number of hydrogen-bond acceptors (Lipinski definition) is 3. The molecule has 2 amide bonds. The monoisotopic (exact) mass is 329 g/mol. The van der Waals surface area contributed by atoms with Gasteiger partial charge in [-0.2, -0.15) is 0 Å². The summed E-state index contributed by atoms with van der Waals surface area (Å²) in [6.07, 6.45) is 4.66. The standard InChI is InChI=1S/C19H27N3O2/c1-15(18(23)20-17-9-5-6-10-17)21-11-13-22(14-12-21)19(24)16-7-3-2-4-8-16/h2-4,7-8,15,17H,5-6,9-14H2,1H3,(H,20,23)/t15-/m1/s1. The molecule has 0 bridgehead atoms. The molecule has 0 spiro atoms. The Balaban J connectivity index is 1.49. The molecule has 0 unspecified atom stereocenters. The third kappa shape index (κ3) is 3.96. The Hall–Kier alpha value is -1.88. The Morgan fingerprint density at radius 3 is 2.29 bits per heavy atom. The highest BCUT2D eigenvalue weighted by atomic mass is 16.2. The second-order valence-electron chi connectivity index (χ2n) is 6.86. The lowest BCUT2D eigenvalue weighted by molar-refractivity contribution is -0.127. The minimum Gasteiger partial charge on any atom is -0.352 e. The largest absolute Gasteiger partial charge is 0.352 e. The molecular formula is C19H27N3O2. The topological polar surface area (TPSA) is 52.7 Å². The van der Waals surface area contributed by atoms with Crippen LogP contribution in [0.25, 0.3) is 0 Å². The molecular weight excluding hydrogens is 302 g/mol. The molecule has 5 nitrogen and oxygen atoms in total. The predicted molar refractivity (Wildman–Crippen MR) is 93.8 cm³/mol. The Morgan fingerprint density at radius 1 is 1.04 bits per heavy atom. The second kappa shape index (κ2) is 7.79. The van der Waals surface area contributed by atoms with Gasteiger partial charge in [0, 0.05) is 37.8 Å². The van der Waals surface area contributed by atoms with E-state index in [-0.39, 0.29) is 17.9 Å². The van der Waals surface area contributed by atoms with Crippen LogP contribution in [0.15, 0.2) is 30.3 Å². The fraction of sp³-hybridized carbons (Fsp3) is 0.579. The van der Waals surface area contributed by atoms with Crippen molar-refractivity contribution in [3.8, 4) is 0 Å². The molecule has 2 fully saturated rings. The molecule has 0 aromatic heterocycles. The number of carbonyl (C=O) groups excluding carboxylic acids is 2. The van der Waals surface area contributed by atoms with Gasteiger partial charge in [0.15, 0.2) is 0 Å². The maximum Gasteiger partial charge on any atom is 0.253 e. The highest BCUT2D eigenvalue weighted by molar-refractivity contribution is 5.94. The van der Waals surface area contributed by atoms with E-state index in [0.29, 0.717) is 19.1 Å². The van der Waals surface area contributed by atoms with Gasteiger partial charge in [-0.3, -0.25) is 14.5 Å². The van der Waals surface area contributed by atoms with Gasteiger partial charge in [-0.1, -0.05) is 31.0 Å². The highest BCUT2D eigenvalue weighted by Gasteiger charge is 2.29. The maximum atomic E-state index is 12.5. The van der Waals surface area contributed by atoms with Gasteiger partial charge in [-0.15, -0.1) is 0 Å². The zero-order valence-electron chi connectivity index (χ0n) is 14.4. The van der Waals surface area contributed by atoms with Crippen molar-refractivity contribution >= 4 is 11.8 Å². The van der Waals surface area contributed by atoms with Crippen molar-refractivity contribution in [3.63, 3.8) is 0 Å². The van der Waals surface area contributed by atoms with Gasteiger partial charge in [-0.25, -0.2) is 0 Å². The molecule has 1 aliphatic heterocycles. The van der Waals surface area contributed by atoms with Crippen molar-refractivity contribution < 1.29 is 9.59 Å².